The van der Waals surface area contributed by atoms with Gasteiger partial charge in [-0.1, -0.05) is 23.5 Å². The second-order valence-corrected chi connectivity index (χ2v) is 6.05. The lowest BCUT2D eigenvalue weighted by Gasteiger charge is -2.14. The van der Waals surface area contributed by atoms with Crippen LogP contribution < -0.4 is 10.2 Å². The molecule has 0 radical (unpaired) electrons. The molecule has 2 rings (SSSR count). The average Bonchev–Trinajstić information content (AvgIpc) is 2.85. The van der Waals surface area contributed by atoms with Gasteiger partial charge < -0.3 is 10.1 Å². The highest BCUT2D eigenvalue weighted by Gasteiger charge is 2.14. The number of rotatable bonds is 6. The summed E-state index contributed by atoms with van der Waals surface area (Å²) in [6, 6.07) is 5.40. The summed E-state index contributed by atoms with van der Waals surface area (Å²) in [5.74, 6) is -1.50. The van der Waals surface area contributed by atoms with Gasteiger partial charge in [-0.05, 0) is 31.5 Å². The molecule has 24 heavy (non-hydrogen) atoms. The van der Waals surface area contributed by atoms with Gasteiger partial charge in [0.2, 0.25) is 0 Å². The summed E-state index contributed by atoms with van der Waals surface area (Å²) >= 11 is 0.998. The van der Waals surface area contributed by atoms with Crippen molar-refractivity contribution in [3.63, 3.8) is 0 Å². The van der Waals surface area contributed by atoms with Crippen LogP contribution in [-0.2, 0) is 20.9 Å². The highest BCUT2D eigenvalue weighted by atomic mass is 32.1. The third-order valence-corrected chi connectivity index (χ3v) is 4.26. The lowest BCUT2D eigenvalue weighted by atomic mass is 10.1. The minimum absolute atomic E-state index is 0.227. The molecule has 0 aliphatic carbocycles. The largest absolute Gasteiger partial charge is 0.454 e. The molecule has 0 fully saturated rings. The van der Waals surface area contributed by atoms with Crippen LogP contribution in [0, 0.1) is 12.7 Å². The van der Waals surface area contributed by atoms with Gasteiger partial charge in [-0.3, -0.25) is 19.0 Å². The van der Waals surface area contributed by atoms with Crippen LogP contribution in [0.25, 0.3) is 0 Å². The molecule has 0 aliphatic heterocycles. The number of benzene rings is 1. The summed E-state index contributed by atoms with van der Waals surface area (Å²) in [6.45, 7) is 2.78. The Kier molecular flexibility index (Phi) is 5.86. The van der Waals surface area contributed by atoms with Crippen LogP contribution in [0.2, 0.25) is 0 Å². The van der Waals surface area contributed by atoms with E-state index < -0.39 is 18.5 Å². The minimum atomic E-state index is -0.664. The fraction of sp³-hybridized carbons (Fsp3) is 0.312. The van der Waals surface area contributed by atoms with Gasteiger partial charge in [0.15, 0.2) is 6.61 Å². The quantitative estimate of drug-likeness (QED) is 0.804. The Bertz CT molecular complexity index is 782. The minimum Gasteiger partial charge on any atom is -0.454 e. The standard InChI is InChI=1S/C16H17FN2O4S/c1-10-9-24-16(22)19(10)7-15(21)23-8-14(20)18-11(2)12-3-5-13(17)6-4-12/h3-6,9,11H,7-8H2,1-2H3,(H,18,20)/t11-/m0/s1. The molecule has 0 aliphatic rings. The third-order valence-electron chi connectivity index (χ3n) is 3.38. The van der Waals surface area contributed by atoms with Crippen LogP contribution >= 0.6 is 11.3 Å². The van der Waals surface area contributed by atoms with Crippen molar-refractivity contribution < 1.29 is 18.7 Å². The Morgan fingerprint density at radius 1 is 1.33 bits per heavy atom. The van der Waals surface area contributed by atoms with Gasteiger partial charge in [-0.25, -0.2) is 4.39 Å². The third kappa shape index (κ3) is 4.76. The SMILES string of the molecule is Cc1csc(=O)n1CC(=O)OCC(=O)N[C@@H](C)c1ccc(F)cc1. The number of halogens is 1. The first-order chi connectivity index (χ1) is 11.4. The molecular formula is C16H17FN2O4S. The number of esters is 1. The monoisotopic (exact) mass is 352 g/mol. The zero-order valence-corrected chi connectivity index (χ0v) is 14.1. The number of nitrogens with zero attached hydrogens (tertiary/aromatic N) is 1. The zero-order valence-electron chi connectivity index (χ0n) is 13.2. The fourth-order valence-corrected chi connectivity index (χ4v) is 2.77. The van der Waals surface area contributed by atoms with Crippen LogP contribution in [0.15, 0.2) is 34.4 Å². The van der Waals surface area contributed by atoms with Crippen molar-refractivity contribution in [2.75, 3.05) is 6.61 Å². The van der Waals surface area contributed by atoms with Crippen LogP contribution in [0.5, 0.6) is 0 Å². The van der Waals surface area contributed by atoms with Crippen molar-refractivity contribution in [1.82, 2.24) is 9.88 Å². The Morgan fingerprint density at radius 3 is 2.58 bits per heavy atom. The molecule has 1 aromatic carbocycles. The van der Waals surface area contributed by atoms with Crippen LogP contribution in [0.1, 0.15) is 24.2 Å². The number of thiazole rings is 1. The molecule has 1 atom stereocenters. The van der Waals surface area contributed by atoms with E-state index in [-0.39, 0.29) is 23.3 Å². The summed E-state index contributed by atoms with van der Waals surface area (Å²) in [6.07, 6.45) is 0. The first-order valence-corrected chi connectivity index (χ1v) is 8.10. The number of carbonyl (C=O) groups is 2. The Balaban J connectivity index is 1.81. The van der Waals surface area contributed by atoms with E-state index in [0.717, 1.165) is 16.9 Å². The van der Waals surface area contributed by atoms with Crippen molar-refractivity contribution in [3.8, 4) is 0 Å². The average molecular weight is 352 g/mol. The van der Waals surface area contributed by atoms with Crippen molar-refractivity contribution in [2.24, 2.45) is 0 Å². The molecule has 1 N–H and O–H groups in total. The molecule has 2 aromatic rings. The molecule has 1 amide bonds. The van der Waals surface area contributed by atoms with Gasteiger partial charge >= 0.3 is 10.8 Å². The molecular weight excluding hydrogens is 335 g/mol. The summed E-state index contributed by atoms with van der Waals surface area (Å²) in [7, 11) is 0. The maximum atomic E-state index is 12.9. The fourth-order valence-electron chi connectivity index (χ4n) is 2.03. The van der Waals surface area contributed by atoms with Gasteiger partial charge in [0.05, 0.1) is 6.04 Å². The molecule has 8 heteroatoms. The number of hydrogen-bond acceptors (Lipinski definition) is 5. The summed E-state index contributed by atoms with van der Waals surface area (Å²) in [5.41, 5.74) is 1.40. The summed E-state index contributed by atoms with van der Waals surface area (Å²) in [4.78, 5) is 34.8. The number of hydrogen-bond donors (Lipinski definition) is 1. The normalized spacial score (nSPS) is 11.8. The van der Waals surface area contributed by atoms with Crippen LogP contribution in [-0.4, -0.2) is 23.1 Å². The molecule has 1 aromatic heterocycles. The number of ether oxygens (including phenoxy) is 1. The smallest absolute Gasteiger partial charge is 0.326 e. The van der Waals surface area contributed by atoms with Gasteiger partial charge in [0.25, 0.3) is 5.91 Å². The van der Waals surface area contributed by atoms with Gasteiger partial charge in [-0.2, -0.15) is 0 Å². The van der Waals surface area contributed by atoms with E-state index in [1.165, 1.54) is 16.7 Å². The Labute approximate surface area is 141 Å². The molecule has 6 nitrogen and oxygen atoms in total. The van der Waals surface area contributed by atoms with Crippen LogP contribution in [0.3, 0.4) is 0 Å². The topological polar surface area (TPSA) is 77.4 Å². The van der Waals surface area contributed by atoms with E-state index in [1.807, 2.05) is 0 Å². The maximum absolute atomic E-state index is 12.9. The summed E-state index contributed by atoms with van der Waals surface area (Å²) < 4.78 is 19.0. The molecule has 0 saturated carbocycles. The van der Waals surface area contributed by atoms with Crippen molar-refractivity contribution in [3.05, 3.63) is 56.4 Å². The molecule has 0 spiro atoms. The van der Waals surface area contributed by atoms with Gasteiger partial charge in [0.1, 0.15) is 12.4 Å². The van der Waals surface area contributed by atoms with E-state index in [9.17, 15) is 18.8 Å². The lowest BCUT2D eigenvalue weighted by molar-refractivity contribution is -0.149. The molecule has 0 saturated heterocycles. The number of carbonyl (C=O) groups excluding carboxylic acids is 2. The molecule has 128 valence electrons. The van der Waals surface area contributed by atoms with E-state index in [2.05, 4.69) is 5.32 Å². The van der Waals surface area contributed by atoms with Crippen LogP contribution in [0.4, 0.5) is 4.39 Å². The van der Waals surface area contributed by atoms with E-state index in [1.54, 1.807) is 31.4 Å². The van der Waals surface area contributed by atoms with E-state index in [4.69, 9.17) is 4.74 Å². The van der Waals surface area contributed by atoms with E-state index in [0.29, 0.717) is 5.69 Å². The second-order valence-electron chi connectivity index (χ2n) is 5.23. The van der Waals surface area contributed by atoms with Gasteiger partial charge in [-0.15, -0.1) is 0 Å². The predicted molar refractivity (Wildman–Crippen MR) is 87.2 cm³/mol. The van der Waals surface area contributed by atoms with Gasteiger partial charge in [0, 0.05) is 11.1 Å². The van der Waals surface area contributed by atoms with E-state index >= 15 is 0 Å². The lowest BCUT2D eigenvalue weighted by Crippen LogP contribution is -2.32. The Hall–Kier alpha value is -2.48. The number of nitrogens with one attached hydrogen (secondary N) is 1. The number of aryl methyl sites for hydroxylation is 1. The zero-order chi connectivity index (χ0) is 17.7. The second kappa shape index (κ2) is 7.87. The molecule has 0 unspecified atom stereocenters. The van der Waals surface area contributed by atoms with Crippen molar-refractivity contribution >= 4 is 23.2 Å². The number of amides is 1. The maximum Gasteiger partial charge on any atom is 0.326 e. The Morgan fingerprint density at radius 2 is 2.00 bits per heavy atom. The first kappa shape index (κ1) is 17.9. The highest BCUT2D eigenvalue weighted by Crippen LogP contribution is 2.12. The highest BCUT2D eigenvalue weighted by molar-refractivity contribution is 7.07. The van der Waals surface area contributed by atoms with Crippen molar-refractivity contribution in [2.45, 2.75) is 26.4 Å². The molecule has 0 bridgehead atoms. The molecule has 1 heterocycles. The first-order valence-electron chi connectivity index (χ1n) is 7.22. The summed E-state index contributed by atoms with van der Waals surface area (Å²) in [5, 5.41) is 4.29. The number of aromatic nitrogens is 1. The van der Waals surface area contributed by atoms with Crippen molar-refractivity contribution in [1.29, 1.82) is 0 Å². The predicted octanol–water partition coefficient (Wildman–Crippen LogP) is 1.78.